The van der Waals surface area contributed by atoms with E-state index in [1.54, 1.807) is 22.8 Å². The molecular weight excluding hydrogens is 501 g/mol. The summed E-state index contributed by atoms with van der Waals surface area (Å²) in [4.78, 5) is 34.7. The van der Waals surface area contributed by atoms with Crippen LogP contribution in [0.3, 0.4) is 0 Å². The van der Waals surface area contributed by atoms with Gasteiger partial charge in [-0.3, -0.25) is 13.9 Å². The fourth-order valence-corrected chi connectivity index (χ4v) is 4.41. The van der Waals surface area contributed by atoms with Crippen LogP contribution in [0.25, 0.3) is 11.4 Å². The fourth-order valence-electron chi connectivity index (χ4n) is 3.90. The maximum atomic E-state index is 13.1. The first-order valence-electron chi connectivity index (χ1n) is 11.3. The lowest BCUT2D eigenvalue weighted by Gasteiger charge is -2.14. The van der Waals surface area contributed by atoms with Gasteiger partial charge in [0.25, 0.3) is 5.56 Å². The molecule has 4 rings (SSSR count). The minimum Gasteiger partial charge on any atom is -0.339 e. The third-order valence-corrected chi connectivity index (χ3v) is 6.65. The number of unbranched alkanes of at least 4 members (excludes halogenated alkanes) is 3. The Morgan fingerprint density at radius 3 is 2.53 bits per heavy atom. The van der Waals surface area contributed by atoms with E-state index in [0.29, 0.717) is 76.2 Å². The van der Waals surface area contributed by atoms with E-state index in [2.05, 4.69) is 22.1 Å². The van der Waals surface area contributed by atoms with Crippen LogP contribution in [-0.4, -0.2) is 24.4 Å². The molecule has 0 spiro atoms. The van der Waals surface area contributed by atoms with Crippen LogP contribution in [0.15, 0.2) is 37.3 Å². The molecule has 0 bridgehead atoms. The van der Waals surface area contributed by atoms with Crippen molar-refractivity contribution in [1.82, 2.24) is 19.3 Å². The Labute approximate surface area is 211 Å². The summed E-state index contributed by atoms with van der Waals surface area (Å²) in [6.45, 7) is 2.91. The van der Waals surface area contributed by atoms with Crippen molar-refractivity contribution >= 4 is 45.8 Å². The summed E-state index contributed by atoms with van der Waals surface area (Å²) in [5, 5.41) is 5.20. The van der Waals surface area contributed by atoms with Crippen LogP contribution in [0.5, 0.6) is 0 Å². The molecule has 34 heavy (non-hydrogen) atoms. The molecule has 11 heteroatoms. The first-order valence-corrected chi connectivity index (χ1v) is 12.4. The summed E-state index contributed by atoms with van der Waals surface area (Å²) >= 11 is 18.1. The standard InChI is InChI=1S/C23H24Cl3N5O3/c1-2-3-5-10-30-21-15(13-18(26)27-21)22(32)31(23(30)33)11-6-4-7-19-28-20(29-34-19)14-8-9-16(24)17(25)12-14/h8-9,12H,2-7,10-11,13H2,1H3. The second kappa shape index (κ2) is 10.9. The number of fused-ring (bicyclic) bond motifs is 1. The van der Waals surface area contributed by atoms with Crippen LogP contribution < -0.4 is 11.2 Å². The zero-order valence-electron chi connectivity index (χ0n) is 18.7. The van der Waals surface area contributed by atoms with Gasteiger partial charge < -0.3 is 4.52 Å². The number of hydrogen-bond donors (Lipinski definition) is 0. The Morgan fingerprint density at radius 2 is 1.76 bits per heavy atom. The molecule has 0 amide bonds. The van der Waals surface area contributed by atoms with Crippen LogP contribution >= 0.6 is 34.8 Å². The summed E-state index contributed by atoms with van der Waals surface area (Å²) in [6.07, 6.45) is 4.92. The van der Waals surface area contributed by atoms with Crippen molar-refractivity contribution in [3.63, 3.8) is 0 Å². The zero-order valence-corrected chi connectivity index (χ0v) is 21.0. The third kappa shape index (κ3) is 5.29. The maximum Gasteiger partial charge on any atom is 0.332 e. The number of nitrogens with zero attached hydrogens (tertiary/aromatic N) is 5. The first-order chi connectivity index (χ1) is 16.4. The average molecular weight is 525 g/mol. The smallest absolute Gasteiger partial charge is 0.332 e. The van der Waals surface area contributed by atoms with E-state index in [1.165, 1.54) is 4.57 Å². The van der Waals surface area contributed by atoms with Crippen molar-refractivity contribution in [2.45, 2.75) is 65.0 Å². The summed E-state index contributed by atoms with van der Waals surface area (Å²) in [7, 11) is 0. The van der Waals surface area contributed by atoms with Crippen molar-refractivity contribution < 1.29 is 4.52 Å². The zero-order chi connectivity index (χ0) is 24.2. The maximum absolute atomic E-state index is 13.1. The molecule has 1 aliphatic heterocycles. The van der Waals surface area contributed by atoms with Gasteiger partial charge in [-0.15, -0.1) is 0 Å². The van der Waals surface area contributed by atoms with E-state index in [9.17, 15) is 9.59 Å². The Bertz CT molecular complexity index is 1340. The predicted octanol–water partition coefficient (Wildman–Crippen LogP) is 5.40. The monoisotopic (exact) mass is 523 g/mol. The lowest BCUT2D eigenvalue weighted by Crippen LogP contribution is -2.41. The Hall–Kier alpha value is -2.42. The molecule has 3 aromatic rings. The first kappa shape index (κ1) is 24.7. The topological polar surface area (TPSA) is 95.3 Å². The van der Waals surface area contributed by atoms with Crippen molar-refractivity contribution in [3.8, 4) is 11.4 Å². The molecule has 0 saturated carbocycles. The van der Waals surface area contributed by atoms with Gasteiger partial charge in [-0.05, 0) is 37.5 Å². The molecule has 0 fully saturated rings. The largest absolute Gasteiger partial charge is 0.339 e. The van der Waals surface area contributed by atoms with Crippen LogP contribution in [0.1, 0.15) is 50.5 Å². The van der Waals surface area contributed by atoms with E-state index in [1.807, 2.05) is 0 Å². The van der Waals surface area contributed by atoms with E-state index in [0.717, 1.165) is 19.3 Å². The van der Waals surface area contributed by atoms with Gasteiger partial charge in [-0.25, -0.2) is 9.79 Å². The summed E-state index contributed by atoms with van der Waals surface area (Å²) in [6, 6.07) is 5.13. The quantitative estimate of drug-likeness (QED) is 0.331. The van der Waals surface area contributed by atoms with Crippen LogP contribution in [0.4, 0.5) is 5.82 Å². The lowest BCUT2D eigenvalue weighted by molar-refractivity contribution is 0.372. The second-order valence-electron chi connectivity index (χ2n) is 8.16. The van der Waals surface area contributed by atoms with Gasteiger partial charge in [-0.1, -0.05) is 59.7 Å². The number of aromatic nitrogens is 4. The normalized spacial score (nSPS) is 12.8. The second-order valence-corrected chi connectivity index (χ2v) is 9.41. The molecule has 0 N–H and O–H groups in total. The SMILES string of the molecule is CCCCCn1c2c(c(=O)n(CCCCc3nc(-c4ccc(Cl)c(Cl)c4)no3)c1=O)CC(Cl)=N2. The fraction of sp³-hybridized carbons (Fsp3) is 0.435. The summed E-state index contributed by atoms with van der Waals surface area (Å²) in [5.41, 5.74) is 0.545. The molecule has 1 aromatic carbocycles. The number of hydrogen-bond acceptors (Lipinski definition) is 6. The average Bonchev–Trinajstić information content (AvgIpc) is 3.44. The van der Waals surface area contributed by atoms with E-state index in [-0.39, 0.29) is 17.7 Å². The molecule has 1 aliphatic rings. The van der Waals surface area contributed by atoms with Crippen LogP contribution in [0.2, 0.25) is 10.0 Å². The van der Waals surface area contributed by atoms with E-state index >= 15 is 0 Å². The molecule has 3 heterocycles. The molecule has 0 radical (unpaired) electrons. The minimum atomic E-state index is -0.338. The van der Waals surface area contributed by atoms with Gasteiger partial charge in [0.2, 0.25) is 11.7 Å². The van der Waals surface area contributed by atoms with Crippen LogP contribution in [-0.2, 0) is 25.9 Å². The molecule has 8 nitrogen and oxygen atoms in total. The lowest BCUT2D eigenvalue weighted by atomic mass is 10.2. The van der Waals surface area contributed by atoms with Crippen molar-refractivity contribution in [3.05, 3.63) is 60.5 Å². The van der Waals surface area contributed by atoms with Crippen LogP contribution in [0, 0.1) is 0 Å². The molecule has 2 aromatic heterocycles. The predicted molar refractivity (Wildman–Crippen MR) is 134 cm³/mol. The van der Waals surface area contributed by atoms with Crippen molar-refractivity contribution in [2.24, 2.45) is 4.99 Å². The van der Waals surface area contributed by atoms with E-state index in [4.69, 9.17) is 39.3 Å². The molecule has 0 atom stereocenters. The Morgan fingerprint density at radius 1 is 1.00 bits per heavy atom. The highest BCUT2D eigenvalue weighted by atomic mass is 35.5. The Balaban J connectivity index is 1.43. The third-order valence-electron chi connectivity index (χ3n) is 5.69. The highest BCUT2D eigenvalue weighted by Crippen LogP contribution is 2.27. The molecule has 0 saturated heterocycles. The number of aliphatic imine (C=N–C) groups is 1. The van der Waals surface area contributed by atoms with Crippen molar-refractivity contribution in [1.29, 1.82) is 0 Å². The van der Waals surface area contributed by atoms with Gasteiger partial charge in [0, 0.05) is 31.5 Å². The molecule has 180 valence electrons. The van der Waals surface area contributed by atoms with Gasteiger partial charge in [0.15, 0.2) is 0 Å². The van der Waals surface area contributed by atoms with Gasteiger partial charge in [-0.2, -0.15) is 4.98 Å². The number of aryl methyl sites for hydroxylation is 1. The molecule has 0 aliphatic carbocycles. The minimum absolute atomic E-state index is 0.267. The highest BCUT2D eigenvalue weighted by molar-refractivity contribution is 6.66. The van der Waals surface area contributed by atoms with Gasteiger partial charge in [0.1, 0.15) is 11.0 Å². The number of halogens is 3. The number of benzene rings is 1. The van der Waals surface area contributed by atoms with E-state index < -0.39 is 0 Å². The summed E-state index contributed by atoms with van der Waals surface area (Å²) in [5.74, 6) is 1.31. The molecule has 0 unspecified atom stereocenters. The van der Waals surface area contributed by atoms with Gasteiger partial charge >= 0.3 is 5.69 Å². The molecular formula is C23H24Cl3N5O3. The number of rotatable bonds is 10. The Kier molecular flexibility index (Phi) is 7.91. The van der Waals surface area contributed by atoms with Gasteiger partial charge in [0.05, 0.1) is 15.6 Å². The highest BCUT2D eigenvalue weighted by Gasteiger charge is 2.24. The van der Waals surface area contributed by atoms with Crippen molar-refractivity contribution in [2.75, 3.05) is 0 Å². The summed E-state index contributed by atoms with van der Waals surface area (Å²) < 4.78 is 8.22.